The highest BCUT2D eigenvalue weighted by molar-refractivity contribution is 6.25. The van der Waals surface area contributed by atoms with Gasteiger partial charge in [-0.15, -0.1) is 0 Å². The molecule has 1 unspecified atom stereocenters. The maximum atomic E-state index is 7.04. The van der Waals surface area contributed by atoms with Gasteiger partial charge in [0.05, 0.1) is 33.9 Å². The first-order valence-electron chi connectivity index (χ1n) is 19.0. The van der Waals surface area contributed by atoms with Crippen LogP contribution in [0.25, 0.3) is 77.6 Å². The highest BCUT2D eigenvalue weighted by atomic mass is 16.3. The van der Waals surface area contributed by atoms with Crippen LogP contribution in [0.3, 0.4) is 0 Å². The summed E-state index contributed by atoms with van der Waals surface area (Å²) >= 11 is 0. The molecule has 11 rings (SSSR count). The number of nitrogens with zero attached hydrogens (tertiary/aromatic N) is 3. The Hall–Kier alpha value is -7.50. The molecule has 1 aliphatic heterocycles. The summed E-state index contributed by atoms with van der Waals surface area (Å²) in [5.74, 6) is 0.857. The Balaban J connectivity index is 1.10. The number of aliphatic imine (C=N–C) groups is 1. The molecule has 0 fully saturated rings. The van der Waals surface area contributed by atoms with E-state index in [4.69, 9.17) is 14.4 Å². The Morgan fingerprint density at radius 1 is 0.518 bits per heavy atom. The fraction of sp³-hybridized carbons (Fsp3) is 0.0196. The molecule has 5 nitrogen and oxygen atoms in total. The first kappa shape index (κ1) is 32.0. The highest BCUT2D eigenvalue weighted by Crippen LogP contribution is 2.45. The van der Waals surface area contributed by atoms with E-state index in [1.54, 1.807) is 0 Å². The van der Waals surface area contributed by atoms with Crippen molar-refractivity contribution in [2.45, 2.75) is 6.04 Å². The molecule has 5 heteroatoms. The zero-order valence-electron chi connectivity index (χ0n) is 30.3. The Labute approximate surface area is 323 Å². The Morgan fingerprint density at radius 3 is 1.89 bits per heavy atom. The molecule has 7 aromatic carbocycles. The third kappa shape index (κ3) is 5.24. The third-order valence-electron chi connectivity index (χ3n) is 10.8. The van der Waals surface area contributed by atoms with E-state index in [2.05, 4.69) is 180 Å². The molecule has 1 N–H and O–H groups in total. The Bertz CT molecular complexity index is 3130. The molecular weight excluding hydrogens is 685 g/mol. The SMILES string of the molecule is C1=C(c2ccc(-c3cccc4c3nc(-c3ccccc3)c3c4oc4c5ccccc5n(-c5ccccc5)c43)cc2)N=C(c2ccccc2)NC1c1ccccc1. The number of pyridine rings is 1. The van der Waals surface area contributed by atoms with Gasteiger partial charge in [-0.3, -0.25) is 0 Å². The summed E-state index contributed by atoms with van der Waals surface area (Å²) in [5.41, 5.74) is 14.1. The van der Waals surface area contributed by atoms with Gasteiger partial charge in [0.25, 0.3) is 0 Å². The van der Waals surface area contributed by atoms with Crippen LogP contribution in [0.1, 0.15) is 22.7 Å². The number of hydrogen-bond donors (Lipinski definition) is 1. The number of para-hydroxylation sites is 3. The van der Waals surface area contributed by atoms with Crippen LogP contribution in [0.2, 0.25) is 0 Å². The van der Waals surface area contributed by atoms with Crippen LogP contribution in [-0.4, -0.2) is 15.4 Å². The second kappa shape index (κ2) is 13.1. The third-order valence-corrected chi connectivity index (χ3v) is 10.8. The van der Waals surface area contributed by atoms with Gasteiger partial charge in [0.1, 0.15) is 16.9 Å². The summed E-state index contributed by atoms with van der Waals surface area (Å²) in [6, 6.07) is 65.4. The minimum Gasteiger partial charge on any atom is -0.453 e. The summed E-state index contributed by atoms with van der Waals surface area (Å²) in [5, 5.41) is 6.71. The normalized spacial score (nSPS) is 14.2. The molecule has 1 atom stereocenters. The number of aromatic nitrogens is 2. The highest BCUT2D eigenvalue weighted by Gasteiger charge is 2.26. The molecule has 10 aromatic rings. The van der Waals surface area contributed by atoms with Crippen molar-refractivity contribution in [3.63, 3.8) is 0 Å². The topological polar surface area (TPSA) is 55.4 Å². The average molecular weight is 719 g/mol. The molecule has 0 spiro atoms. The van der Waals surface area contributed by atoms with Crippen LogP contribution in [-0.2, 0) is 0 Å². The van der Waals surface area contributed by atoms with Gasteiger partial charge < -0.3 is 14.3 Å². The first-order valence-corrected chi connectivity index (χ1v) is 19.0. The van der Waals surface area contributed by atoms with Gasteiger partial charge in [0.2, 0.25) is 0 Å². The van der Waals surface area contributed by atoms with Gasteiger partial charge in [-0.2, -0.15) is 0 Å². The maximum absolute atomic E-state index is 7.04. The first-order chi connectivity index (χ1) is 27.8. The number of hydrogen-bond acceptors (Lipinski definition) is 4. The molecular formula is C51H34N4O. The molecule has 0 saturated heterocycles. The van der Waals surface area contributed by atoms with Gasteiger partial charge in [0, 0.05) is 33.2 Å². The molecule has 264 valence electrons. The van der Waals surface area contributed by atoms with Crippen molar-refractivity contribution in [3.8, 4) is 28.1 Å². The zero-order chi connectivity index (χ0) is 37.0. The lowest BCUT2D eigenvalue weighted by Crippen LogP contribution is -2.31. The summed E-state index contributed by atoms with van der Waals surface area (Å²) < 4.78 is 9.36. The molecule has 0 bridgehead atoms. The van der Waals surface area contributed by atoms with E-state index in [-0.39, 0.29) is 6.04 Å². The number of rotatable bonds is 6. The molecule has 56 heavy (non-hydrogen) atoms. The van der Waals surface area contributed by atoms with Crippen LogP contribution < -0.4 is 5.32 Å². The fourth-order valence-corrected chi connectivity index (χ4v) is 8.21. The Morgan fingerprint density at radius 2 is 1.14 bits per heavy atom. The van der Waals surface area contributed by atoms with E-state index < -0.39 is 0 Å². The zero-order valence-corrected chi connectivity index (χ0v) is 30.3. The number of nitrogens with one attached hydrogen (secondary N) is 1. The minimum absolute atomic E-state index is 0.0145. The molecule has 0 aliphatic carbocycles. The molecule has 0 saturated carbocycles. The summed E-state index contributed by atoms with van der Waals surface area (Å²) in [6.07, 6.45) is 2.21. The van der Waals surface area contributed by atoms with E-state index in [1.165, 1.54) is 5.56 Å². The predicted octanol–water partition coefficient (Wildman–Crippen LogP) is 12.5. The summed E-state index contributed by atoms with van der Waals surface area (Å²) in [6.45, 7) is 0. The second-order valence-corrected chi connectivity index (χ2v) is 14.2. The van der Waals surface area contributed by atoms with Crippen LogP contribution in [0.5, 0.6) is 0 Å². The summed E-state index contributed by atoms with van der Waals surface area (Å²) in [4.78, 5) is 10.7. The van der Waals surface area contributed by atoms with Gasteiger partial charge in [-0.1, -0.05) is 158 Å². The van der Waals surface area contributed by atoms with Gasteiger partial charge >= 0.3 is 0 Å². The lowest BCUT2D eigenvalue weighted by molar-refractivity contribution is 0.676. The van der Waals surface area contributed by atoms with Crippen molar-refractivity contribution in [3.05, 3.63) is 211 Å². The molecule has 4 heterocycles. The van der Waals surface area contributed by atoms with Crippen LogP contribution in [0.4, 0.5) is 0 Å². The van der Waals surface area contributed by atoms with E-state index in [0.29, 0.717) is 0 Å². The van der Waals surface area contributed by atoms with Crippen molar-refractivity contribution < 1.29 is 4.42 Å². The van der Waals surface area contributed by atoms with Gasteiger partial charge in [-0.05, 0) is 53.1 Å². The van der Waals surface area contributed by atoms with Crippen molar-refractivity contribution in [2.24, 2.45) is 4.99 Å². The fourth-order valence-electron chi connectivity index (χ4n) is 8.21. The largest absolute Gasteiger partial charge is 0.453 e. The minimum atomic E-state index is -0.0145. The molecule has 0 radical (unpaired) electrons. The Kier molecular flexibility index (Phi) is 7.49. The maximum Gasteiger partial charge on any atom is 0.161 e. The standard InChI is InChI=1S/C51H34N4O/c1-5-16-34(17-6-1)42-32-43(53-51(52-42)37-20-9-3-10-21-37)35-30-28-33(29-31-35)39-25-15-26-41-47(39)54-46(36-18-7-2-8-19-36)45-48-50(56-49(41)45)40-24-13-14-27-44(40)55(48)38-22-11-4-12-23-38/h1-32,42H,(H,52,53). The van der Waals surface area contributed by atoms with Crippen molar-refractivity contribution in [1.29, 1.82) is 0 Å². The van der Waals surface area contributed by atoms with E-state index >= 15 is 0 Å². The van der Waals surface area contributed by atoms with E-state index in [1.807, 2.05) is 24.3 Å². The number of benzene rings is 7. The van der Waals surface area contributed by atoms with Crippen molar-refractivity contribution >= 4 is 55.4 Å². The van der Waals surface area contributed by atoms with E-state index in [9.17, 15) is 0 Å². The molecule has 0 amide bonds. The van der Waals surface area contributed by atoms with E-state index in [0.717, 1.165) is 94.6 Å². The average Bonchev–Trinajstić information content (AvgIpc) is 3.83. The number of amidine groups is 1. The molecule has 1 aliphatic rings. The van der Waals surface area contributed by atoms with Gasteiger partial charge in [0.15, 0.2) is 5.58 Å². The quantitative estimate of drug-likeness (QED) is 0.186. The lowest BCUT2D eigenvalue weighted by Gasteiger charge is -2.24. The number of furan rings is 1. The lowest BCUT2D eigenvalue weighted by atomic mass is 9.96. The number of fused-ring (bicyclic) bond motifs is 7. The van der Waals surface area contributed by atoms with Crippen LogP contribution in [0.15, 0.2) is 204 Å². The molecule has 3 aromatic heterocycles. The summed E-state index contributed by atoms with van der Waals surface area (Å²) in [7, 11) is 0. The van der Waals surface area contributed by atoms with Crippen molar-refractivity contribution in [1.82, 2.24) is 14.9 Å². The van der Waals surface area contributed by atoms with Crippen LogP contribution >= 0.6 is 0 Å². The van der Waals surface area contributed by atoms with Crippen LogP contribution in [0, 0.1) is 0 Å². The predicted molar refractivity (Wildman–Crippen MR) is 230 cm³/mol. The van der Waals surface area contributed by atoms with Gasteiger partial charge in [-0.25, -0.2) is 9.98 Å². The van der Waals surface area contributed by atoms with Crippen molar-refractivity contribution in [2.75, 3.05) is 0 Å². The monoisotopic (exact) mass is 718 g/mol. The smallest absolute Gasteiger partial charge is 0.161 e. The second-order valence-electron chi connectivity index (χ2n) is 14.2.